The van der Waals surface area contributed by atoms with Gasteiger partial charge in [-0.05, 0) is 30.7 Å². The van der Waals surface area contributed by atoms with Gasteiger partial charge >= 0.3 is 0 Å². The molecule has 0 unspecified atom stereocenters. The molecule has 1 heterocycles. The van der Waals surface area contributed by atoms with Gasteiger partial charge in [0.05, 0.1) is 10.7 Å². The summed E-state index contributed by atoms with van der Waals surface area (Å²) in [6.07, 6.45) is 2.57. The molecule has 3 heteroatoms. The molecule has 1 fully saturated rings. The Hall–Kier alpha value is -0.340. The first-order valence-electron chi connectivity index (χ1n) is 4.95. The van der Waals surface area contributed by atoms with E-state index in [9.17, 15) is 0 Å². The third-order valence-corrected chi connectivity index (χ3v) is 3.94. The van der Waals surface area contributed by atoms with E-state index in [2.05, 4.69) is 5.32 Å². The number of rotatable bonds is 2. The number of nitrogens with one attached hydrogen (secondary N) is 1. The Kier molecular flexibility index (Phi) is 3.60. The van der Waals surface area contributed by atoms with Crippen LogP contribution in [0.3, 0.4) is 0 Å². The van der Waals surface area contributed by atoms with Gasteiger partial charge in [0, 0.05) is 11.8 Å². The molecule has 1 atom stereocenters. The first kappa shape index (κ1) is 10.2. The summed E-state index contributed by atoms with van der Waals surface area (Å²) in [5.74, 6) is 2.51. The van der Waals surface area contributed by atoms with E-state index in [1.54, 1.807) is 0 Å². The summed E-state index contributed by atoms with van der Waals surface area (Å²) in [5, 5.41) is 4.32. The summed E-state index contributed by atoms with van der Waals surface area (Å²) in [7, 11) is 0. The topological polar surface area (TPSA) is 12.0 Å². The maximum Gasteiger partial charge on any atom is 0.0637 e. The molecule has 0 aromatic heterocycles. The maximum absolute atomic E-state index is 6.07. The molecule has 1 N–H and O–H groups in total. The minimum Gasteiger partial charge on any atom is -0.380 e. The zero-order valence-electron chi connectivity index (χ0n) is 8.00. The maximum atomic E-state index is 6.07. The molecule has 1 nitrogen and oxygen atoms in total. The summed E-state index contributed by atoms with van der Waals surface area (Å²) >= 11 is 8.10. The van der Waals surface area contributed by atoms with Crippen molar-refractivity contribution in [3.63, 3.8) is 0 Å². The van der Waals surface area contributed by atoms with Crippen LogP contribution in [0.5, 0.6) is 0 Å². The van der Waals surface area contributed by atoms with Crippen LogP contribution in [0.4, 0.5) is 5.69 Å². The molecule has 1 aromatic rings. The van der Waals surface area contributed by atoms with Gasteiger partial charge in [-0.25, -0.2) is 0 Å². The quantitative estimate of drug-likeness (QED) is 0.828. The Morgan fingerprint density at radius 3 is 2.93 bits per heavy atom. The second kappa shape index (κ2) is 4.94. The highest BCUT2D eigenvalue weighted by Crippen LogP contribution is 2.25. The predicted molar refractivity (Wildman–Crippen MR) is 65.4 cm³/mol. The van der Waals surface area contributed by atoms with Gasteiger partial charge in [0.1, 0.15) is 0 Å². The van der Waals surface area contributed by atoms with Gasteiger partial charge < -0.3 is 5.32 Å². The molecule has 0 saturated carbocycles. The van der Waals surface area contributed by atoms with Crippen molar-refractivity contribution in [3.8, 4) is 0 Å². The van der Waals surface area contributed by atoms with Gasteiger partial charge in [0.2, 0.25) is 0 Å². The molecule has 1 aromatic carbocycles. The van der Waals surface area contributed by atoms with E-state index >= 15 is 0 Å². The molecule has 0 bridgehead atoms. The first-order valence-corrected chi connectivity index (χ1v) is 6.48. The van der Waals surface area contributed by atoms with Crippen molar-refractivity contribution < 1.29 is 0 Å². The molecule has 0 aliphatic carbocycles. The summed E-state index contributed by atoms with van der Waals surface area (Å²) in [4.78, 5) is 0. The van der Waals surface area contributed by atoms with E-state index in [0.717, 1.165) is 10.7 Å². The molecule has 1 aliphatic rings. The highest BCUT2D eigenvalue weighted by Gasteiger charge is 2.13. The van der Waals surface area contributed by atoms with Crippen LogP contribution in [0.2, 0.25) is 5.02 Å². The molecule has 2 rings (SSSR count). The van der Waals surface area contributed by atoms with Gasteiger partial charge in [0.15, 0.2) is 0 Å². The first-order chi connectivity index (χ1) is 6.86. The zero-order chi connectivity index (χ0) is 9.80. The normalized spacial score (nSPS) is 21.9. The highest BCUT2D eigenvalue weighted by atomic mass is 35.5. The average molecular weight is 228 g/mol. The lowest BCUT2D eigenvalue weighted by Gasteiger charge is -2.23. The van der Waals surface area contributed by atoms with Gasteiger partial charge in [-0.15, -0.1) is 0 Å². The van der Waals surface area contributed by atoms with Crippen molar-refractivity contribution >= 4 is 29.1 Å². The summed E-state index contributed by atoms with van der Waals surface area (Å²) in [6.45, 7) is 0. The minimum absolute atomic E-state index is 0.591. The fraction of sp³-hybridized carbons (Fsp3) is 0.455. The number of hydrogen-bond donors (Lipinski definition) is 1. The van der Waals surface area contributed by atoms with Crippen molar-refractivity contribution in [1.29, 1.82) is 0 Å². The van der Waals surface area contributed by atoms with Crippen molar-refractivity contribution in [1.82, 2.24) is 0 Å². The second-order valence-corrected chi connectivity index (χ2v) is 5.10. The van der Waals surface area contributed by atoms with E-state index in [4.69, 9.17) is 11.6 Å². The lowest BCUT2D eigenvalue weighted by atomic mass is 10.1. The number of halogens is 1. The van der Waals surface area contributed by atoms with Crippen LogP contribution in [0, 0.1) is 0 Å². The van der Waals surface area contributed by atoms with Gasteiger partial charge in [-0.1, -0.05) is 23.7 Å². The molecule has 14 heavy (non-hydrogen) atoms. The Balaban J connectivity index is 1.99. The molecule has 0 spiro atoms. The van der Waals surface area contributed by atoms with Crippen LogP contribution in [-0.2, 0) is 0 Å². The zero-order valence-corrected chi connectivity index (χ0v) is 9.57. The van der Waals surface area contributed by atoms with E-state index in [1.807, 2.05) is 36.0 Å². The molecular weight excluding hydrogens is 214 g/mol. The summed E-state index contributed by atoms with van der Waals surface area (Å²) in [6, 6.07) is 8.54. The van der Waals surface area contributed by atoms with Crippen molar-refractivity contribution in [2.75, 3.05) is 16.8 Å². The Morgan fingerprint density at radius 2 is 2.21 bits per heavy atom. The van der Waals surface area contributed by atoms with Gasteiger partial charge in [-0.2, -0.15) is 11.8 Å². The largest absolute Gasteiger partial charge is 0.380 e. The van der Waals surface area contributed by atoms with Crippen LogP contribution in [-0.4, -0.2) is 17.5 Å². The van der Waals surface area contributed by atoms with E-state index in [0.29, 0.717) is 6.04 Å². The van der Waals surface area contributed by atoms with Crippen LogP contribution >= 0.6 is 23.4 Å². The van der Waals surface area contributed by atoms with Gasteiger partial charge in [0.25, 0.3) is 0 Å². The smallest absolute Gasteiger partial charge is 0.0637 e. The average Bonchev–Trinajstić information content (AvgIpc) is 2.23. The fourth-order valence-corrected chi connectivity index (χ4v) is 2.91. The van der Waals surface area contributed by atoms with E-state index < -0.39 is 0 Å². The van der Waals surface area contributed by atoms with Crippen LogP contribution in [0.1, 0.15) is 12.8 Å². The Morgan fingerprint density at radius 1 is 1.36 bits per heavy atom. The summed E-state index contributed by atoms with van der Waals surface area (Å²) in [5.41, 5.74) is 1.07. The lowest BCUT2D eigenvalue weighted by Crippen LogP contribution is -2.25. The van der Waals surface area contributed by atoms with Crippen molar-refractivity contribution in [2.45, 2.75) is 18.9 Å². The lowest BCUT2D eigenvalue weighted by molar-refractivity contribution is 0.685. The third-order valence-electron chi connectivity index (χ3n) is 2.39. The molecule has 1 saturated heterocycles. The van der Waals surface area contributed by atoms with Crippen LogP contribution in [0.15, 0.2) is 24.3 Å². The molecule has 0 amide bonds. The number of anilines is 1. The van der Waals surface area contributed by atoms with Crippen molar-refractivity contribution in [2.24, 2.45) is 0 Å². The number of benzene rings is 1. The SMILES string of the molecule is Clc1ccccc1N[C@@H]1CCCSC1. The van der Waals surface area contributed by atoms with E-state index in [-0.39, 0.29) is 0 Å². The fourth-order valence-electron chi connectivity index (χ4n) is 1.65. The predicted octanol–water partition coefficient (Wildman–Crippen LogP) is 3.65. The number of hydrogen-bond acceptors (Lipinski definition) is 2. The second-order valence-electron chi connectivity index (χ2n) is 3.54. The molecule has 0 radical (unpaired) electrons. The number of para-hydroxylation sites is 1. The molecule has 76 valence electrons. The standard InChI is InChI=1S/C11H14ClNS/c12-10-5-1-2-6-11(10)13-9-4-3-7-14-8-9/h1-2,5-6,9,13H,3-4,7-8H2/t9-/m1/s1. The molecule has 1 aliphatic heterocycles. The third kappa shape index (κ3) is 2.58. The minimum atomic E-state index is 0.591. The number of thioether (sulfide) groups is 1. The van der Waals surface area contributed by atoms with Crippen LogP contribution in [0.25, 0.3) is 0 Å². The highest BCUT2D eigenvalue weighted by molar-refractivity contribution is 7.99. The molecular formula is C11H14ClNS. The van der Waals surface area contributed by atoms with Gasteiger partial charge in [-0.3, -0.25) is 0 Å². The Bertz CT molecular complexity index is 297. The monoisotopic (exact) mass is 227 g/mol. The van der Waals surface area contributed by atoms with Crippen LogP contribution < -0.4 is 5.32 Å². The summed E-state index contributed by atoms with van der Waals surface area (Å²) < 4.78 is 0. The van der Waals surface area contributed by atoms with E-state index in [1.165, 1.54) is 24.3 Å². The van der Waals surface area contributed by atoms with Crippen molar-refractivity contribution in [3.05, 3.63) is 29.3 Å². The Labute approximate surface area is 94.2 Å².